The van der Waals surface area contributed by atoms with Gasteiger partial charge in [0.2, 0.25) is 5.88 Å². The molecule has 2 fully saturated rings. The molecule has 11 heteroatoms. The van der Waals surface area contributed by atoms with Crippen molar-refractivity contribution >= 4 is 17.4 Å². The minimum absolute atomic E-state index is 0.288. The lowest BCUT2D eigenvalue weighted by Crippen LogP contribution is -2.52. The lowest BCUT2D eigenvalue weighted by molar-refractivity contribution is -0.00477. The van der Waals surface area contributed by atoms with Crippen molar-refractivity contribution in [2.24, 2.45) is 0 Å². The summed E-state index contributed by atoms with van der Waals surface area (Å²) in [5, 5.41) is 8.92. The van der Waals surface area contributed by atoms with Gasteiger partial charge in [0.15, 0.2) is 11.5 Å². The molecule has 168 valence electrons. The topological polar surface area (TPSA) is 103 Å². The van der Waals surface area contributed by atoms with Gasteiger partial charge in [0.05, 0.1) is 38.3 Å². The van der Waals surface area contributed by atoms with Gasteiger partial charge in [-0.1, -0.05) is 0 Å². The summed E-state index contributed by atoms with van der Waals surface area (Å²) in [7, 11) is 0. The van der Waals surface area contributed by atoms with Crippen LogP contribution in [0.1, 0.15) is 28.8 Å². The van der Waals surface area contributed by atoms with Crippen LogP contribution in [0, 0.1) is 12.7 Å². The van der Waals surface area contributed by atoms with Crippen molar-refractivity contribution < 1.29 is 23.5 Å². The first-order valence-corrected chi connectivity index (χ1v) is 10.5. The number of anilines is 1. The molecule has 1 N–H and O–H groups in total. The summed E-state index contributed by atoms with van der Waals surface area (Å²) in [5.74, 6) is 0.209. The third-order valence-corrected chi connectivity index (χ3v) is 5.48. The third-order valence-electron chi connectivity index (χ3n) is 5.48. The smallest absolute Gasteiger partial charge is 0.257 e. The zero-order chi connectivity index (χ0) is 22.1. The van der Waals surface area contributed by atoms with Gasteiger partial charge in [-0.25, -0.2) is 23.9 Å². The number of nitrogens with one attached hydrogen (secondary N) is 1. The van der Waals surface area contributed by atoms with Crippen molar-refractivity contribution in [2.75, 3.05) is 31.4 Å². The van der Waals surface area contributed by atoms with Gasteiger partial charge >= 0.3 is 0 Å². The number of hydrogen-bond donors (Lipinski definition) is 1. The number of halogens is 1. The van der Waals surface area contributed by atoms with Crippen molar-refractivity contribution in [3.05, 3.63) is 47.7 Å². The standard InChI is InChI=1S/C21H23FN6O4/c1-13-9-14(22)10-23-21(13)32-17-4-8-30-12-16(17)25-20(29)15-11-24-27-6-3-18(26-19(15)27)28-5-2-7-31-28/h3,6,9-11,16-17H,2,4-5,7-8,12H2,1H3,(H,25,29)/t16?,17-/m0/s1. The summed E-state index contributed by atoms with van der Waals surface area (Å²) in [4.78, 5) is 27.3. The van der Waals surface area contributed by atoms with Crippen LogP contribution in [-0.4, -0.2) is 64.0 Å². The van der Waals surface area contributed by atoms with E-state index in [0.717, 1.165) is 19.2 Å². The first kappa shape index (κ1) is 20.6. The van der Waals surface area contributed by atoms with Gasteiger partial charge in [-0.15, -0.1) is 0 Å². The molecular weight excluding hydrogens is 419 g/mol. The molecule has 2 saturated heterocycles. The monoisotopic (exact) mass is 442 g/mol. The van der Waals surface area contributed by atoms with E-state index in [4.69, 9.17) is 14.3 Å². The minimum atomic E-state index is -0.425. The minimum Gasteiger partial charge on any atom is -0.472 e. The number of aryl methyl sites for hydroxylation is 1. The van der Waals surface area contributed by atoms with E-state index in [1.165, 1.54) is 12.3 Å². The lowest BCUT2D eigenvalue weighted by Gasteiger charge is -2.32. The number of fused-ring (bicyclic) bond motifs is 1. The average molecular weight is 442 g/mol. The van der Waals surface area contributed by atoms with E-state index in [1.807, 2.05) is 0 Å². The summed E-state index contributed by atoms with van der Waals surface area (Å²) in [5.41, 5.74) is 1.36. The van der Waals surface area contributed by atoms with Gasteiger partial charge in [0, 0.05) is 30.8 Å². The number of carbonyl (C=O) groups excluding carboxylic acids is 1. The Kier molecular flexibility index (Phi) is 5.58. The number of nitrogens with zero attached hydrogens (tertiary/aromatic N) is 5. The van der Waals surface area contributed by atoms with Crippen LogP contribution in [0.25, 0.3) is 5.65 Å². The van der Waals surface area contributed by atoms with Crippen molar-refractivity contribution in [3.63, 3.8) is 0 Å². The maximum absolute atomic E-state index is 13.4. The van der Waals surface area contributed by atoms with Gasteiger partial charge in [-0.05, 0) is 19.4 Å². The van der Waals surface area contributed by atoms with E-state index in [2.05, 4.69) is 20.4 Å². The Hall–Kier alpha value is -3.31. The highest BCUT2D eigenvalue weighted by molar-refractivity contribution is 6.00. The second kappa shape index (κ2) is 8.67. The predicted molar refractivity (Wildman–Crippen MR) is 111 cm³/mol. The summed E-state index contributed by atoms with van der Waals surface area (Å²) in [6.07, 6.45) is 5.46. The van der Waals surface area contributed by atoms with Crippen LogP contribution in [-0.2, 0) is 9.57 Å². The zero-order valence-electron chi connectivity index (χ0n) is 17.5. The van der Waals surface area contributed by atoms with Crippen LogP contribution in [0.2, 0.25) is 0 Å². The van der Waals surface area contributed by atoms with Crippen molar-refractivity contribution in [1.29, 1.82) is 0 Å². The zero-order valence-corrected chi connectivity index (χ0v) is 17.5. The Balaban J connectivity index is 1.34. The molecule has 2 aliphatic heterocycles. The van der Waals surface area contributed by atoms with E-state index >= 15 is 0 Å². The predicted octanol–water partition coefficient (Wildman–Crippen LogP) is 1.68. The first-order valence-electron chi connectivity index (χ1n) is 10.5. The van der Waals surface area contributed by atoms with Crippen molar-refractivity contribution in [3.8, 4) is 5.88 Å². The SMILES string of the molecule is Cc1cc(F)cnc1O[C@H]1CCOCC1NC(=O)c1cnn2ccc(N3CCCO3)nc12. The fraction of sp³-hybridized carbons (Fsp3) is 0.429. The Morgan fingerprint density at radius 2 is 2.25 bits per heavy atom. The number of amides is 1. The molecule has 0 radical (unpaired) electrons. The normalized spacial score (nSPS) is 21.1. The van der Waals surface area contributed by atoms with E-state index in [1.54, 1.807) is 28.8 Å². The van der Waals surface area contributed by atoms with E-state index in [-0.39, 0.29) is 18.6 Å². The Bertz CT molecular complexity index is 1130. The number of rotatable bonds is 5. The van der Waals surface area contributed by atoms with Crippen molar-refractivity contribution in [1.82, 2.24) is 24.9 Å². The molecule has 10 nitrogen and oxygen atoms in total. The Morgan fingerprint density at radius 1 is 1.34 bits per heavy atom. The van der Waals surface area contributed by atoms with Crippen LogP contribution in [0.3, 0.4) is 0 Å². The first-order chi connectivity index (χ1) is 15.6. The molecule has 1 amide bonds. The number of aromatic nitrogens is 4. The molecule has 3 aromatic rings. The second-order valence-electron chi connectivity index (χ2n) is 7.78. The van der Waals surface area contributed by atoms with Gasteiger partial charge in [-0.3, -0.25) is 9.63 Å². The molecule has 5 rings (SSSR count). The van der Waals surface area contributed by atoms with Gasteiger partial charge in [-0.2, -0.15) is 5.10 Å². The summed E-state index contributed by atoms with van der Waals surface area (Å²) >= 11 is 0. The number of hydroxylamine groups is 1. The Morgan fingerprint density at radius 3 is 3.06 bits per heavy atom. The fourth-order valence-corrected chi connectivity index (χ4v) is 3.82. The van der Waals surface area contributed by atoms with E-state index in [9.17, 15) is 9.18 Å². The molecule has 0 spiro atoms. The van der Waals surface area contributed by atoms with Crippen LogP contribution in [0.5, 0.6) is 5.88 Å². The molecule has 0 aliphatic carbocycles. The van der Waals surface area contributed by atoms with Gasteiger partial charge in [0.25, 0.3) is 5.91 Å². The van der Waals surface area contributed by atoms with Crippen LogP contribution in [0.4, 0.5) is 10.2 Å². The maximum atomic E-state index is 13.4. The summed E-state index contributed by atoms with van der Waals surface area (Å²) in [6.45, 7) is 3.90. The number of hydrogen-bond acceptors (Lipinski definition) is 8. The fourth-order valence-electron chi connectivity index (χ4n) is 3.82. The largest absolute Gasteiger partial charge is 0.472 e. The highest BCUT2D eigenvalue weighted by Gasteiger charge is 2.31. The van der Waals surface area contributed by atoms with E-state index < -0.39 is 11.9 Å². The molecule has 5 heterocycles. The quantitative estimate of drug-likeness (QED) is 0.637. The van der Waals surface area contributed by atoms with Gasteiger partial charge in [0.1, 0.15) is 17.5 Å². The Labute approximate surface area is 183 Å². The van der Waals surface area contributed by atoms with E-state index in [0.29, 0.717) is 48.1 Å². The number of carbonyl (C=O) groups is 1. The molecule has 0 bridgehead atoms. The maximum Gasteiger partial charge on any atom is 0.257 e. The molecule has 0 aromatic carbocycles. The van der Waals surface area contributed by atoms with Crippen LogP contribution < -0.4 is 15.1 Å². The number of pyridine rings is 1. The van der Waals surface area contributed by atoms with Gasteiger partial charge < -0.3 is 14.8 Å². The van der Waals surface area contributed by atoms with Crippen LogP contribution in [0.15, 0.2) is 30.7 Å². The molecule has 2 aliphatic rings. The third kappa shape index (κ3) is 4.08. The lowest BCUT2D eigenvalue weighted by atomic mass is 10.1. The highest BCUT2D eigenvalue weighted by atomic mass is 19.1. The molecular formula is C21H23FN6O4. The second-order valence-corrected chi connectivity index (χ2v) is 7.78. The summed E-state index contributed by atoms with van der Waals surface area (Å²) in [6, 6.07) is 2.74. The molecule has 1 unspecified atom stereocenters. The highest BCUT2D eigenvalue weighted by Crippen LogP contribution is 2.22. The average Bonchev–Trinajstić information content (AvgIpc) is 3.46. The molecule has 0 saturated carbocycles. The van der Waals surface area contributed by atoms with Crippen molar-refractivity contribution in [2.45, 2.75) is 31.9 Å². The van der Waals surface area contributed by atoms with Crippen LogP contribution >= 0.6 is 0 Å². The number of ether oxygens (including phenoxy) is 2. The molecule has 2 atom stereocenters. The molecule has 3 aromatic heterocycles. The molecule has 32 heavy (non-hydrogen) atoms. The summed E-state index contributed by atoms with van der Waals surface area (Å²) < 4.78 is 26.5.